The van der Waals surface area contributed by atoms with Crippen molar-refractivity contribution in [3.63, 3.8) is 0 Å². The maximum Gasteiger partial charge on any atom is 0.211 e. The first-order chi connectivity index (χ1) is 12.7. The zero-order chi connectivity index (χ0) is 19.7. The van der Waals surface area contributed by atoms with Gasteiger partial charge in [-0.15, -0.1) is 0 Å². The number of rotatable bonds is 6. The number of benzene rings is 2. The lowest BCUT2D eigenvalue weighted by Gasteiger charge is -2.42. The van der Waals surface area contributed by atoms with Crippen LogP contribution in [0, 0.1) is 0 Å². The first kappa shape index (κ1) is 19.7. The number of ether oxygens (including phenoxy) is 2. The Bertz CT molecular complexity index is 896. The quantitative estimate of drug-likeness (QED) is 0.791. The zero-order valence-corrected chi connectivity index (χ0v) is 16.5. The van der Waals surface area contributed by atoms with Crippen molar-refractivity contribution in [2.75, 3.05) is 5.75 Å². The summed E-state index contributed by atoms with van der Waals surface area (Å²) in [6, 6.07) is 14.2. The fourth-order valence-corrected chi connectivity index (χ4v) is 3.82. The van der Waals surface area contributed by atoms with Gasteiger partial charge < -0.3 is 14.6 Å². The van der Waals surface area contributed by atoms with Gasteiger partial charge in [0, 0.05) is 5.56 Å². The van der Waals surface area contributed by atoms with Gasteiger partial charge in [0.1, 0.15) is 29.8 Å². The van der Waals surface area contributed by atoms with Crippen LogP contribution in [0.5, 0.6) is 11.5 Å². The van der Waals surface area contributed by atoms with Gasteiger partial charge in [0.25, 0.3) is 0 Å². The third-order valence-corrected chi connectivity index (χ3v) is 6.03. The Kier molecular flexibility index (Phi) is 5.46. The first-order valence-electron chi connectivity index (χ1n) is 8.89. The molecule has 1 aliphatic rings. The Labute approximate surface area is 160 Å². The molecule has 2 atom stereocenters. The molecule has 0 amide bonds. The van der Waals surface area contributed by atoms with Gasteiger partial charge in [0.15, 0.2) is 0 Å². The molecule has 2 aromatic rings. The van der Waals surface area contributed by atoms with E-state index in [0.717, 1.165) is 5.56 Å². The average Bonchev–Trinajstić information content (AvgIpc) is 2.64. The van der Waals surface area contributed by atoms with E-state index in [-0.39, 0.29) is 5.75 Å². The van der Waals surface area contributed by atoms with Crippen LogP contribution in [0.3, 0.4) is 0 Å². The molecular weight excluding hydrogens is 366 g/mol. The third kappa shape index (κ3) is 4.43. The molecule has 0 saturated carbocycles. The van der Waals surface area contributed by atoms with Gasteiger partial charge in [0.2, 0.25) is 10.0 Å². The van der Waals surface area contributed by atoms with Crippen LogP contribution < -0.4 is 14.2 Å². The summed E-state index contributed by atoms with van der Waals surface area (Å²) in [5, 5.41) is 10.7. The molecule has 0 spiro atoms. The lowest BCUT2D eigenvalue weighted by molar-refractivity contribution is -0.0603. The summed E-state index contributed by atoms with van der Waals surface area (Å²) in [5.74, 6) is 1.03. The van der Waals surface area contributed by atoms with Gasteiger partial charge in [-0.1, -0.05) is 30.3 Å². The summed E-state index contributed by atoms with van der Waals surface area (Å²) in [5.41, 5.74) is 0.653. The molecule has 2 unspecified atom stereocenters. The van der Waals surface area contributed by atoms with Gasteiger partial charge in [-0.05, 0) is 44.5 Å². The molecule has 2 N–H and O–H groups in total. The number of hydrogen-bond acceptors (Lipinski definition) is 5. The van der Waals surface area contributed by atoms with Crippen LogP contribution in [0.15, 0.2) is 48.5 Å². The Morgan fingerprint density at radius 3 is 2.56 bits per heavy atom. The van der Waals surface area contributed by atoms with Crippen LogP contribution in [0.4, 0.5) is 0 Å². The Morgan fingerprint density at radius 2 is 1.89 bits per heavy atom. The van der Waals surface area contributed by atoms with Crippen LogP contribution >= 0.6 is 0 Å². The molecule has 1 heterocycles. The molecule has 2 aromatic carbocycles. The molecule has 1 aliphatic heterocycles. The van der Waals surface area contributed by atoms with E-state index in [2.05, 4.69) is 4.72 Å². The van der Waals surface area contributed by atoms with Crippen molar-refractivity contribution in [3.05, 3.63) is 59.7 Å². The van der Waals surface area contributed by atoms with Crippen molar-refractivity contribution < 1.29 is 23.0 Å². The number of aliphatic hydroxyl groups is 1. The van der Waals surface area contributed by atoms with E-state index in [0.29, 0.717) is 23.7 Å². The van der Waals surface area contributed by atoms with Crippen molar-refractivity contribution in [1.29, 1.82) is 0 Å². The number of aliphatic hydroxyl groups excluding tert-OH is 1. The van der Waals surface area contributed by atoms with Crippen LogP contribution in [0.1, 0.15) is 37.9 Å². The van der Waals surface area contributed by atoms with Crippen LogP contribution in [0.2, 0.25) is 0 Å². The zero-order valence-electron chi connectivity index (χ0n) is 15.7. The number of hydrogen-bond donors (Lipinski definition) is 2. The lowest BCUT2D eigenvalue weighted by atomic mass is 9.87. The monoisotopic (exact) mass is 391 g/mol. The molecule has 0 saturated heterocycles. The minimum atomic E-state index is -3.52. The summed E-state index contributed by atoms with van der Waals surface area (Å²) in [6.07, 6.45) is -1.05. The van der Waals surface area contributed by atoms with Crippen LogP contribution in [-0.4, -0.2) is 31.0 Å². The normalized spacial score (nSPS) is 21.2. The molecular formula is C20H25NO5S. The predicted octanol–water partition coefficient (Wildman–Crippen LogP) is 2.78. The lowest BCUT2D eigenvalue weighted by Crippen LogP contribution is -2.53. The standard InChI is InChI=1S/C20H25NO5S/c1-4-27(23,24)21-18-16-12-15(25-13-14-8-6-5-7-9-14)10-11-17(16)26-20(2,3)19(18)22/h5-12,18-19,21-22H,4,13H2,1-3H3. The van der Waals surface area contributed by atoms with Gasteiger partial charge in [-0.25, -0.2) is 13.1 Å². The molecule has 0 aliphatic carbocycles. The van der Waals surface area contributed by atoms with E-state index >= 15 is 0 Å². The molecule has 0 radical (unpaired) electrons. The summed E-state index contributed by atoms with van der Waals surface area (Å²) in [7, 11) is -3.52. The number of nitrogens with one attached hydrogen (secondary N) is 1. The summed E-state index contributed by atoms with van der Waals surface area (Å²) < 4.78 is 38.6. The topological polar surface area (TPSA) is 84.9 Å². The molecule has 3 rings (SSSR count). The highest BCUT2D eigenvalue weighted by atomic mass is 32.2. The highest BCUT2D eigenvalue weighted by Crippen LogP contribution is 2.41. The Morgan fingerprint density at radius 1 is 1.19 bits per heavy atom. The van der Waals surface area contributed by atoms with E-state index in [4.69, 9.17) is 9.47 Å². The second kappa shape index (κ2) is 7.50. The fourth-order valence-electron chi connectivity index (χ4n) is 3.01. The van der Waals surface area contributed by atoms with Crippen molar-refractivity contribution in [2.24, 2.45) is 0 Å². The van der Waals surface area contributed by atoms with Crippen molar-refractivity contribution in [2.45, 2.75) is 45.1 Å². The Hall–Kier alpha value is -2.09. The predicted molar refractivity (Wildman–Crippen MR) is 103 cm³/mol. The highest BCUT2D eigenvalue weighted by molar-refractivity contribution is 7.89. The molecule has 0 aromatic heterocycles. The highest BCUT2D eigenvalue weighted by Gasteiger charge is 2.44. The van der Waals surface area contributed by atoms with E-state index in [1.165, 1.54) is 0 Å². The van der Waals surface area contributed by atoms with Gasteiger partial charge in [0.05, 0.1) is 11.8 Å². The number of fused-ring (bicyclic) bond motifs is 1. The Balaban J connectivity index is 1.90. The summed E-state index contributed by atoms with van der Waals surface area (Å²) >= 11 is 0. The molecule has 146 valence electrons. The van der Waals surface area contributed by atoms with E-state index in [1.54, 1.807) is 39.0 Å². The average molecular weight is 391 g/mol. The van der Waals surface area contributed by atoms with Crippen LogP contribution in [0.25, 0.3) is 0 Å². The first-order valence-corrected chi connectivity index (χ1v) is 10.5. The van der Waals surface area contributed by atoms with Crippen molar-refractivity contribution in [3.8, 4) is 11.5 Å². The van der Waals surface area contributed by atoms with E-state index in [9.17, 15) is 13.5 Å². The fraction of sp³-hybridized carbons (Fsp3) is 0.400. The van der Waals surface area contributed by atoms with Gasteiger partial charge in [-0.3, -0.25) is 0 Å². The van der Waals surface area contributed by atoms with E-state index in [1.807, 2.05) is 30.3 Å². The molecule has 6 nitrogen and oxygen atoms in total. The van der Waals surface area contributed by atoms with Gasteiger partial charge in [-0.2, -0.15) is 0 Å². The van der Waals surface area contributed by atoms with Crippen molar-refractivity contribution >= 4 is 10.0 Å². The largest absolute Gasteiger partial charge is 0.489 e. The van der Waals surface area contributed by atoms with Crippen LogP contribution in [-0.2, 0) is 16.6 Å². The second-order valence-corrected chi connectivity index (χ2v) is 9.17. The van der Waals surface area contributed by atoms with E-state index < -0.39 is 27.8 Å². The maximum absolute atomic E-state index is 12.1. The third-order valence-electron chi connectivity index (χ3n) is 4.65. The SMILES string of the molecule is CCS(=O)(=O)NC1c2cc(OCc3ccccc3)ccc2OC(C)(C)C1O. The van der Waals surface area contributed by atoms with Gasteiger partial charge >= 0.3 is 0 Å². The summed E-state index contributed by atoms with van der Waals surface area (Å²) in [4.78, 5) is 0. The second-order valence-electron chi connectivity index (χ2n) is 7.12. The molecule has 0 bridgehead atoms. The minimum absolute atomic E-state index is 0.0724. The minimum Gasteiger partial charge on any atom is -0.489 e. The molecule has 27 heavy (non-hydrogen) atoms. The maximum atomic E-state index is 12.1. The molecule has 0 fully saturated rings. The number of sulfonamides is 1. The van der Waals surface area contributed by atoms with Crippen molar-refractivity contribution in [1.82, 2.24) is 4.72 Å². The summed E-state index contributed by atoms with van der Waals surface area (Å²) in [6.45, 7) is 5.40. The molecule has 7 heteroatoms. The smallest absolute Gasteiger partial charge is 0.211 e.